The Kier molecular flexibility index (Phi) is 7.64. The number of benzene rings is 3. The van der Waals surface area contributed by atoms with Gasteiger partial charge in [0, 0.05) is 28.6 Å². The van der Waals surface area contributed by atoms with Crippen molar-refractivity contribution < 1.29 is 13.2 Å². The van der Waals surface area contributed by atoms with E-state index >= 15 is 0 Å². The molecule has 0 aliphatic heterocycles. The molecule has 1 amide bonds. The van der Waals surface area contributed by atoms with Gasteiger partial charge < -0.3 is 5.32 Å². The van der Waals surface area contributed by atoms with E-state index in [-0.39, 0.29) is 17.3 Å². The minimum absolute atomic E-state index is 0.230. The molecular formula is C23H23ClN2O3S2. The topological polar surface area (TPSA) is 66.5 Å². The van der Waals surface area contributed by atoms with Gasteiger partial charge in [0.05, 0.1) is 10.6 Å². The second-order valence-corrected chi connectivity index (χ2v) is 9.82. The summed E-state index contributed by atoms with van der Waals surface area (Å²) in [5.41, 5.74) is 1.76. The highest BCUT2D eigenvalue weighted by Crippen LogP contribution is 2.25. The summed E-state index contributed by atoms with van der Waals surface area (Å²) in [6.07, 6.45) is 1.94. The summed E-state index contributed by atoms with van der Waals surface area (Å²) in [5, 5.41) is 3.42. The van der Waals surface area contributed by atoms with Gasteiger partial charge in [-0.25, -0.2) is 8.42 Å². The Bertz CT molecular complexity index is 1150. The van der Waals surface area contributed by atoms with Crippen molar-refractivity contribution in [1.82, 2.24) is 5.32 Å². The molecule has 0 aromatic heterocycles. The van der Waals surface area contributed by atoms with Gasteiger partial charge in [-0.05, 0) is 73.3 Å². The van der Waals surface area contributed by atoms with Crippen LogP contribution in [0.2, 0.25) is 5.02 Å². The number of thioether (sulfide) groups is 1. The maximum Gasteiger partial charge on any atom is 0.264 e. The van der Waals surface area contributed by atoms with E-state index in [1.165, 1.54) is 4.31 Å². The summed E-state index contributed by atoms with van der Waals surface area (Å²) >= 11 is 7.67. The number of carbonyl (C=O) groups excluding carboxylic acids is 1. The molecule has 3 aromatic rings. The summed E-state index contributed by atoms with van der Waals surface area (Å²) in [7, 11) is -3.70. The van der Waals surface area contributed by atoms with Crippen LogP contribution in [0.3, 0.4) is 0 Å². The summed E-state index contributed by atoms with van der Waals surface area (Å²) in [5.74, 6) is -0.259. The van der Waals surface area contributed by atoms with Crippen LogP contribution in [0.1, 0.15) is 22.8 Å². The molecule has 0 bridgehead atoms. The number of nitrogens with zero attached hydrogens (tertiary/aromatic N) is 1. The van der Waals surface area contributed by atoms with Crippen molar-refractivity contribution in [3.63, 3.8) is 0 Å². The average Bonchev–Trinajstić information content (AvgIpc) is 2.79. The van der Waals surface area contributed by atoms with Gasteiger partial charge in [0.15, 0.2) is 0 Å². The van der Waals surface area contributed by atoms with Crippen molar-refractivity contribution in [2.75, 3.05) is 17.1 Å². The summed E-state index contributed by atoms with van der Waals surface area (Å²) in [6, 6.07) is 20.6. The lowest BCUT2D eigenvalue weighted by Crippen LogP contribution is -2.31. The summed E-state index contributed by atoms with van der Waals surface area (Å²) < 4.78 is 27.5. The number of carbonyl (C=O) groups is 1. The molecule has 0 atom stereocenters. The highest BCUT2D eigenvalue weighted by molar-refractivity contribution is 7.98. The zero-order chi connectivity index (χ0) is 22.4. The highest BCUT2D eigenvalue weighted by atomic mass is 35.5. The number of halogens is 1. The van der Waals surface area contributed by atoms with E-state index in [1.54, 1.807) is 73.3 Å². The number of hydrogen-bond acceptors (Lipinski definition) is 4. The molecule has 162 valence electrons. The van der Waals surface area contributed by atoms with Crippen LogP contribution in [-0.2, 0) is 16.6 Å². The lowest BCUT2D eigenvalue weighted by atomic mass is 10.1. The van der Waals surface area contributed by atoms with Crippen molar-refractivity contribution >= 4 is 45.0 Å². The minimum Gasteiger partial charge on any atom is -0.348 e. The third-order valence-corrected chi connectivity index (χ3v) is 7.78. The van der Waals surface area contributed by atoms with Crippen LogP contribution in [0.25, 0.3) is 0 Å². The summed E-state index contributed by atoms with van der Waals surface area (Å²) in [6.45, 7) is 2.35. The van der Waals surface area contributed by atoms with Crippen LogP contribution in [0.15, 0.2) is 82.6 Å². The molecule has 31 heavy (non-hydrogen) atoms. The van der Waals surface area contributed by atoms with Gasteiger partial charge >= 0.3 is 0 Å². The van der Waals surface area contributed by atoms with Gasteiger partial charge in [-0.2, -0.15) is 0 Å². The molecule has 1 N–H and O–H groups in total. The van der Waals surface area contributed by atoms with E-state index in [9.17, 15) is 13.2 Å². The predicted octanol–water partition coefficient (Wildman–Crippen LogP) is 5.21. The van der Waals surface area contributed by atoms with Gasteiger partial charge in [-0.1, -0.05) is 29.8 Å². The Morgan fingerprint density at radius 2 is 1.65 bits per heavy atom. The number of hydrogen-bond donors (Lipinski definition) is 1. The Morgan fingerprint density at radius 3 is 2.23 bits per heavy atom. The quantitative estimate of drug-likeness (QED) is 0.455. The van der Waals surface area contributed by atoms with Crippen LogP contribution in [0.4, 0.5) is 5.69 Å². The molecule has 0 radical (unpaired) electrons. The van der Waals surface area contributed by atoms with E-state index in [1.807, 2.05) is 24.5 Å². The summed E-state index contributed by atoms with van der Waals surface area (Å²) in [4.78, 5) is 13.7. The molecule has 0 aliphatic rings. The van der Waals surface area contributed by atoms with Crippen molar-refractivity contribution in [3.8, 4) is 0 Å². The van der Waals surface area contributed by atoms with E-state index in [4.69, 9.17) is 11.6 Å². The molecule has 0 unspecified atom stereocenters. The largest absolute Gasteiger partial charge is 0.348 e. The van der Waals surface area contributed by atoms with E-state index in [0.29, 0.717) is 22.8 Å². The van der Waals surface area contributed by atoms with Crippen LogP contribution in [0.5, 0.6) is 0 Å². The zero-order valence-electron chi connectivity index (χ0n) is 17.2. The number of sulfonamides is 1. The molecule has 3 rings (SSSR count). The molecule has 8 heteroatoms. The molecule has 0 heterocycles. The molecule has 0 fully saturated rings. The van der Waals surface area contributed by atoms with Crippen molar-refractivity contribution in [3.05, 3.63) is 88.9 Å². The van der Waals surface area contributed by atoms with Crippen LogP contribution >= 0.6 is 23.4 Å². The van der Waals surface area contributed by atoms with Crippen molar-refractivity contribution in [2.45, 2.75) is 23.3 Å². The first-order valence-corrected chi connectivity index (χ1v) is 12.7. The maximum atomic E-state index is 13.1. The maximum absolute atomic E-state index is 13.1. The average molecular weight is 475 g/mol. The van der Waals surface area contributed by atoms with Crippen molar-refractivity contribution in [1.29, 1.82) is 0 Å². The smallest absolute Gasteiger partial charge is 0.264 e. The number of nitrogens with one attached hydrogen (secondary N) is 1. The SMILES string of the molecule is CCN(c1ccc(C(=O)NCc2ccccc2Cl)cc1)S(=O)(=O)c1ccc(SC)cc1. The fourth-order valence-corrected chi connectivity index (χ4v) is 5.15. The standard InChI is InChI=1S/C23H23ClN2O3S2/c1-3-26(31(28,29)21-14-12-20(30-2)13-15-21)19-10-8-17(9-11-19)23(27)25-16-18-6-4-5-7-22(18)24/h4-15H,3,16H2,1-2H3,(H,25,27). The Hall–Kier alpha value is -2.48. The Balaban J connectivity index is 1.75. The van der Waals surface area contributed by atoms with Gasteiger partial charge in [0.2, 0.25) is 0 Å². The molecular weight excluding hydrogens is 452 g/mol. The van der Waals surface area contributed by atoms with Gasteiger partial charge in [0.1, 0.15) is 0 Å². The number of rotatable bonds is 8. The zero-order valence-corrected chi connectivity index (χ0v) is 19.6. The Morgan fingerprint density at radius 1 is 1.00 bits per heavy atom. The third-order valence-electron chi connectivity index (χ3n) is 4.75. The van der Waals surface area contributed by atoms with E-state index in [2.05, 4.69) is 5.32 Å². The fourth-order valence-electron chi connectivity index (χ4n) is 3.06. The van der Waals surface area contributed by atoms with Crippen LogP contribution < -0.4 is 9.62 Å². The third kappa shape index (κ3) is 5.42. The minimum atomic E-state index is -3.70. The number of anilines is 1. The van der Waals surface area contributed by atoms with E-state index < -0.39 is 10.0 Å². The van der Waals surface area contributed by atoms with Crippen LogP contribution in [0, 0.1) is 0 Å². The van der Waals surface area contributed by atoms with Crippen molar-refractivity contribution in [2.24, 2.45) is 0 Å². The fraction of sp³-hybridized carbons (Fsp3) is 0.174. The second kappa shape index (κ2) is 10.2. The first kappa shape index (κ1) is 23.2. The lowest BCUT2D eigenvalue weighted by Gasteiger charge is -2.23. The molecule has 0 spiro atoms. The first-order valence-electron chi connectivity index (χ1n) is 9.65. The molecule has 3 aromatic carbocycles. The second-order valence-electron chi connectivity index (χ2n) is 6.67. The predicted molar refractivity (Wildman–Crippen MR) is 127 cm³/mol. The molecule has 0 aliphatic carbocycles. The van der Waals surface area contributed by atoms with Gasteiger partial charge in [0.25, 0.3) is 15.9 Å². The first-order chi connectivity index (χ1) is 14.9. The monoisotopic (exact) mass is 474 g/mol. The normalized spacial score (nSPS) is 11.2. The van der Waals surface area contributed by atoms with E-state index in [0.717, 1.165) is 10.5 Å². The molecule has 0 saturated heterocycles. The van der Waals surface area contributed by atoms with Crippen LogP contribution in [-0.4, -0.2) is 27.1 Å². The molecule has 5 nitrogen and oxygen atoms in total. The highest BCUT2D eigenvalue weighted by Gasteiger charge is 2.23. The van der Waals surface area contributed by atoms with Gasteiger partial charge in [-0.3, -0.25) is 9.10 Å². The Labute approximate surface area is 192 Å². The molecule has 0 saturated carbocycles. The number of amides is 1. The van der Waals surface area contributed by atoms with Gasteiger partial charge in [-0.15, -0.1) is 11.8 Å². The lowest BCUT2D eigenvalue weighted by molar-refractivity contribution is 0.0951.